The Morgan fingerprint density at radius 3 is 2.14 bits per heavy atom. The SMILES string of the molecule is CCN(CC(=O)N(C)C)C(C)C(=O)O. The van der Waals surface area contributed by atoms with Gasteiger partial charge in [-0.15, -0.1) is 0 Å². The van der Waals surface area contributed by atoms with Gasteiger partial charge in [0, 0.05) is 14.1 Å². The average Bonchev–Trinajstić information content (AvgIpc) is 2.12. The zero-order valence-electron chi connectivity index (χ0n) is 9.15. The number of likely N-dealkylation sites (N-methyl/N-ethyl adjacent to an activating group) is 2. The first kappa shape index (κ1) is 12.9. The van der Waals surface area contributed by atoms with E-state index in [1.54, 1.807) is 25.9 Å². The molecule has 1 unspecified atom stereocenters. The van der Waals surface area contributed by atoms with E-state index in [0.29, 0.717) is 6.54 Å². The molecular weight excluding hydrogens is 184 g/mol. The van der Waals surface area contributed by atoms with Crippen molar-refractivity contribution in [3.8, 4) is 0 Å². The van der Waals surface area contributed by atoms with E-state index in [-0.39, 0.29) is 12.5 Å². The van der Waals surface area contributed by atoms with Gasteiger partial charge < -0.3 is 10.0 Å². The van der Waals surface area contributed by atoms with E-state index in [2.05, 4.69) is 0 Å². The molecule has 82 valence electrons. The van der Waals surface area contributed by atoms with E-state index in [9.17, 15) is 9.59 Å². The molecule has 0 saturated heterocycles. The summed E-state index contributed by atoms with van der Waals surface area (Å²) in [4.78, 5) is 25.1. The number of carbonyl (C=O) groups is 2. The van der Waals surface area contributed by atoms with Gasteiger partial charge >= 0.3 is 5.97 Å². The van der Waals surface area contributed by atoms with E-state index in [0.717, 1.165) is 0 Å². The smallest absolute Gasteiger partial charge is 0.320 e. The van der Waals surface area contributed by atoms with Gasteiger partial charge in [0.15, 0.2) is 0 Å². The molecule has 1 N–H and O–H groups in total. The Morgan fingerprint density at radius 1 is 1.36 bits per heavy atom. The van der Waals surface area contributed by atoms with E-state index in [1.807, 2.05) is 6.92 Å². The molecule has 0 fully saturated rings. The Morgan fingerprint density at radius 2 is 1.86 bits per heavy atom. The third-order valence-electron chi connectivity index (χ3n) is 2.15. The molecule has 0 aromatic carbocycles. The van der Waals surface area contributed by atoms with Crippen LogP contribution in [0, 0.1) is 0 Å². The number of carbonyl (C=O) groups excluding carboxylic acids is 1. The van der Waals surface area contributed by atoms with Gasteiger partial charge in [-0.3, -0.25) is 14.5 Å². The van der Waals surface area contributed by atoms with Crippen LogP contribution in [0.4, 0.5) is 0 Å². The molecule has 1 amide bonds. The lowest BCUT2D eigenvalue weighted by molar-refractivity contribution is -0.143. The Labute approximate surface area is 84.3 Å². The van der Waals surface area contributed by atoms with Crippen molar-refractivity contribution in [3.63, 3.8) is 0 Å². The zero-order valence-corrected chi connectivity index (χ0v) is 9.15. The fourth-order valence-corrected chi connectivity index (χ4v) is 0.994. The van der Waals surface area contributed by atoms with Crippen LogP contribution in [0.2, 0.25) is 0 Å². The molecule has 0 heterocycles. The second-order valence-corrected chi connectivity index (χ2v) is 3.37. The summed E-state index contributed by atoms with van der Waals surface area (Å²) in [7, 11) is 3.31. The normalized spacial score (nSPS) is 12.6. The van der Waals surface area contributed by atoms with Crippen molar-refractivity contribution in [2.24, 2.45) is 0 Å². The van der Waals surface area contributed by atoms with Crippen molar-refractivity contribution in [2.45, 2.75) is 19.9 Å². The minimum atomic E-state index is -0.904. The molecule has 0 aliphatic heterocycles. The maximum Gasteiger partial charge on any atom is 0.320 e. The van der Waals surface area contributed by atoms with Crippen molar-refractivity contribution in [2.75, 3.05) is 27.2 Å². The molecule has 0 radical (unpaired) electrons. The number of hydrogen-bond donors (Lipinski definition) is 1. The number of carboxylic acids is 1. The lowest BCUT2D eigenvalue weighted by Gasteiger charge is -2.25. The van der Waals surface area contributed by atoms with E-state index >= 15 is 0 Å². The summed E-state index contributed by atoms with van der Waals surface area (Å²) in [6.45, 7) is 4.11. The number of rotatable bonds is 5. The van der Waals surface area contributed by atoms with Crippen molar-refractivity contribution in [1.29, 1.82) is 0 Å². The van der Waals surface area contributed by atoms with Crippen LogP contribution in [0.25, 0.3) is 0 Å². The largest absolute Gasteiger partial charge is 0.480 e. The maximum atomic E-state index is 11.3. The number of aliphatic carboxylic acids is 1. The molecule has 0 saturated carbocycles. The number of nitrogens with zero attached hydrogens (tertiary/aromatic N) is 2. The van der Waals surface area contributed by atoms with Gasteiger partial charge in [0.05, 0.1) is 6.54 Å². The quantitative estimate of drug-likeness (QED) is 0.674. The summed E-state index contributed by atoms with van der Waals surface area (Å²) in [6, 6.07) is -0.621. The fraction of sp³-hybridized carbons (Fsp3) is 0.778. The second kappa shape index (κ2) is 5.59. The molecule has 0 aromatic heterocycles. The average molecular weight is 202 g/mol. The standard InChI is InChI=1S/C9H18N2O3/c1-5-11(7(2)9(13)14)6-8(12)10(3)4/h7H,5-6H2,1-4H3,(H,13,14). The Balaban J connectivity index is 4.29. The van der Waals surface area contributed by atoms with Crippen molar-refractivity contribution < 1.29 is 14.7 Å². The van der Waals surface area contributed by atoms with Crippen LogP contribution < -0.4 is 0 Å². The first-order valence-corrected chi connectivity index (χ1v) is 4.57. The molecule has 0 spiro atoms. The van der Waals surface area contributed by atoms with Crippen LogP contribution in [0.1, 0.15) is 13.8 Å². The van der Waals surface area contributed by atoms with Gasteiger partial charge in [0.1, 0.15) is 6.04 Å². The molecule has 0 aromatic rings. The fourth-order valence-electron chi connectivity index (χ4n) is 0.994. The highest BCUT2D eigenvalue weighted by atomic mass is 16.4. The highest BCUT2D eigenvalue weighted by Crippen LogP contribution is 1.99. The predicted octanol–water partition coefficient (Wildman–Crippen LogP) is -0.130. The van der Waals surface area contributed by atoms with Crippen LogP contribution in [0.5, 0.6) is 0 Å². The molecule has 1 atom stereocenters. The summed E-state index contributed by atoms with van der Waals surface area (Å²) in [5.41, 5.74) is 0. The minimum absolute atomic E-state index is 0.0834. The molecule has 0 aliphatic carbocycles. The number of carboxylic acid groups (broad SMARTS) is 1. The molecule has 0 aliphatic rings. The summed E-state index contributed by atoms with van der Waals surface area (Å²) < 4.78 is 0. The summed E-state index contributed by atoms with van der Waals surface area (Å²) in [5.74, 6) is -0.988. The van der Waals surface area contributed by atoms with Gasteiger partial charge in [0.2, 0.25) is 5.91 Å². The van der Waals surface area contributed by atoms with Crippen LogP contribution in [-0.4, -0.2) is 60.0 Å². The molecule has 0 rings (SSSR count). The van der Waals surface area contributed by atoms with Gasteiger partial charge in [-0.2, -0.15) is 0 Å². The van der Waals surface area contributed by atoms with Gasteiger partial charge in [-0.05, 0) is 13.5 Å². The Kier molecular flexibility index (Phi) is 5.15. The molecule has 5 heteroatoms. The van der Waals surface area contributed by atoms with E-state index < -0.39 is 12.0 Å². The zero-order chi connectivity index (χ0) is 11.3. The van der Waals surface area contributed by atoms with E-state index in [1.165, 1.54) is 4.90 Å². The first-order valence-electron chi connectivity index (χ1n) is 4.57. The molecule has 0 bridgehead atoms. The highest BCUT2D eigenvalue weighted by molar-refractivity contribution is 5.79. The summed E-state index contributed by atoms with van der Waals surface area (Å²) in [5, 5.41) is 8.77. The third-order valence-corrected chi connectivity index (χ3v) is 2.15. The monoisotopic (exact) mass is 202 g/mol. The van der Waals surface area contributed by atoms with Crippen molar-refractivity contribution in [3.05, 3.63) is 0 Å². The lowest BCUT2D eigenvalue weighted by atomic mass is 10.3. The van der Waals surface area contributed by atoms with Gasteiger partial charge in [0.25, 0.3) is 0 Å². The third kappa shape index (κ3) is 3.74. The number of amides is 1. The minimum Gasteiger partial charge on any atom is -0.480 e. The topological polar surface area (TPSA) is 60.9 Å². The van der Waals surface area contributed by atoms with Crippen molar-refractivity contribution in [1.82, 2.24) is 9.80 Å². The van der Waals surface area contributed by atoms with Crippen LogP contribution in [0.3, 0.4) is 0 Å². The lowest BCUT2D eigenvalue weighted by Crippen LogP contribution is -2.44. The molecule has 5 nitrogen and oxygen atoms in total. The molecular formula is C9H18N2O3. The Bertz CT molecular complexity index is 216. The van der Waals surface area contributed by atoms with Gasteiger partial charge in [-0.1, -0.05) is 6.92 Å². The second-order valence-electron chi connectivity index (χ2n) is 3.37. The van der Waals surface area contributed by atoms with Gasteiger partial charge in [-0.25, -0.2) is 0 Å². The van der Waals surface area contributed by atoms with E-state index in [4.69, 9.17) is 5.11 Å². The highest BCUT2D eigenvalue weighted by Gasteiger charge is 2.21. The summed E-state index contributed by atoms with van der Waals surface area (Å²) in [6.07, 6.45) is 0. The van der Waals surface area contributed by atoms with Crippen LogP contribution in [0.15, 0.2) is 0 Å². The maximum absolute atomic E-state index is 11.3. The predicted molar refractivity (Wildman–Crippen MR) is 53.0 cm³/mol. The Hall–Kier alpha value is -1.10. The van der Waals surface area contributed by atoms with Crippen molar-refractivity contribution >= 4 is 11.9 Å². The van der Waals surface area contributed by atoms with Crippen LogP contribution in [-0.2, 0) is 9.59 Å². The summed E-state index contributed by atoms with van der Waals surface area (Å²) >= 11 is 0. The molecule has 14 heavy (non-hydrogen) atoms. The number of hydrogen-bond acceptors (Lipinski definition) is 3. The van der Waals surface area contributed by atoms with Crippen LogP contribution >= 0.6 is 0 Å². The first-order chi connectivity index (χ1) is 6.40.